The average Bonchev–Trinajstić information content (AvgIpc) is 2.84. The van der Waals surface area contributed by atoms with Crippen LogP contribution in [-0.2, 0) is 19.7 Å². The summed E-state index contributed by atoms with van der Waals surface area (Å²) in [4.78, 5) is 2.56. The number of ether oxygens (including phenoxy) is 2. The smallest absolute Gasteiger partial charge is 0.161 e. The van der Waals surface area contributed by atoms with Crippen molar-refractivity contribution in [2.24, 2.45) is 0 Å². The van der Waals surface area contributed by atoms with Gasteiger partial charge in [-0.1, -0.05) is 66.7 Å². The third-order valence-corrected chi connectivity index (χ3v) is 5.98. The van der Waals surface area contributed by atoms with E-state index in [1.54, 1.807) is 0 Å². The number of piperidine rings is 1. The molecule has 1 saturated heterocycles. The van der Waals surface area contributed by atoms with Crippen molar-refractivity contribution in [1.29, 1.82) is 0 Å². The maximum Gasteiger partial charge on any atom is 0.161 e. The Balaban J connectivity index is 0.00000204. The highest BCUT2D eigenvalue weighted by molar-refractivity contribution is 5.85. The van der Waals surface area contributed by atoms with E-state index in [1.165, 1.54) is 24.0 Å². The van der Waals surface area contributed by atoms with Crippen molar-refractivity contribution in [3.05, 3.63) is 95.6 Å². The molecule has 34 heavy (non-hydrogen) atoms. The van der Waals surface area contributed by atoms with E-state index in [2.05, 4.69) is 64.8 Å². The zero-order chi connectivity index (χ0) is 22.0. The van der Waals surface area contributed by atoms with Crippen molar-refractivity contribution >= 4 is 24.8 Å². The first-order valence-electron chi connectivity index (χ1n) is 11.7. The fourth-order valence-electron chi connectivity index (χ4n) is 4.18. The molecule has 0 saturated carbocycles. The quantitative estimate of drug-likeness (QED) is 0.354. The van der Waals surface area contributed by atoms with Crippen molar-refractivity contribution in [3.63, 3.8) is 0 Å². The Morgan fingerprint density at radius 2 is 1.41 bits per heavy atom. The lowest BCUT2D eigenvalue weighted by atomic mass is 10.0. The van der Waals surface area contributed by atoms with Crippen LogP contribution >= 0.6 is 24.8 Å². The Labute approximate surface area is 216 Å². The number of hydrogen-bond acceptors (Lipinski definition) is 4. The fourth-order valence-corrected chi connectivity index (χ4v) is 4.18. The summed E-state index contributed by atoms with van der Waals surface area (Å²) in [6.45, 7) is 7.36. The van der Waals surface area contributed by atoms with E-state index in [0.717, 1.165) is 43.2 Å². The van der Waals surface area contributed by atoms with Crippen LogP contribution < -0.4 is 14.8 Å². The Kier molecular flexibility index (Phi) is 12.3. The topological polar surface area (TPSA) is 33.7 Å². The summed E-state index contributed by atoms with van der Waals surface area (Å²) in [5, 5.41) is 3.75. The molecule has 4 rings (SSSR count). The van der Waals surface area contributed by atoms with Gasteiger partial charge in [0.15, 0.2) is 11.5 Å². The van der Waals surface area contributed by atoms with E-state index >= 15 is 0 Å². The van der Waals surface area contributed by atoms with Crippen LogP contribution in [0.1, 0.15) is 36.5 Å². The molecule has 0 amide bonds. The Hall–Kier alpha value is -2.24. The molecule has 0 spiro atoms. The van der Waals surface area contributed by atoms with Crippen LogP contribution in [0, 0.1) is 0 Å². The lowest BCUT2D eigenvalue weighted by Crippen LogP contribution is -2.41. The summed E-state index contributed by atoms with van der Waals surface area (Å²) in [5.74, 6) is 1.62. The standard InChI is InChI=1S/C28H34N2O2.2ClH/c1-2-31-28-19-25(13-14-27(28)32-22-24-11-7-4-8-12-24)20-29-26-15-17-30(18-16-26)21-23-9-5-3-6-10-23;;/h3-14,19,26,29H,2,15-18,20-22H2,1H3;2*1H. The Bertz CT molecular complexity index is 949. The molecule has 184 valence electrons. The summed E-state index contributed by atoms with van der Waals surface area (Å²) in [5.41, 5.74) is 3.78. The van der Waals surface area contributed by atoms with Gasteiger partial charge >= 0.3 is 0 Å². The van der Waals surface area contributed by atoms with Crippen LogP contribution in [0.3, 0.4) is 0 Å². The molecule has 3 aromatic rings. The molecule has 0 aliphatic carbocycles. The molecule has 1 aliphatic heterocycles. The van der Waals surface area contributed by atoms with E-state index in [9.17, 15) is 0 Å². The van der Waals surface area contributed by atoms with Crippen LogP contribution in [0.25, 0.3) is 0 Å². The molecular formula is C28H36Cl2N2O2. The Morgan fingerprint density at radius 3 is 2.06 bits per heavy atom. The first kappa shape index (κ1) is 28.0. The molecule has 3 aromatic carbocycles. The highest BCUT2D eigenvalue weighted by Crippen LogP contribution is 2.29. The summed E-state index contributed by atoms with van der Waals surface area (Å²) in [6, 6.07) is 27.8. The van der Waals surface area contributed by atoms with Crippen LogP contribution in [0.5, 0.6) is 11.5 Å². The van der Waals surface area contributed by atoms with Gasteiger partial charge in [-0.2, -0.15) is 0 Å². The van der Waals surface area contributed by atoms with E-state index < -0.39 is 0 Å². The molecule has 1 N–H and O–H groups in total. The second kappa shape index (κ2) is 14.9. The summed E-state index contributed by atoms with van der Waals surface area (Å²) >= 11 is 0. The van der Waals surface area contributed by atoms with Gasteiger partial charge in [0.1, 0.15) is 6.61 Å². The normalized spacial score (nSPS) is 14.0. The maximum absolute atomic E-state index is 6.03. The lowest BCUT2D eigenvalue weighted by Gasteiger charge is -2.32. The largest absolute Gasteiger partial charge is 0.490 e. The molecule has 1 aliphatic rings. The molecule has 0 atom stereocenters. The molecule has 0 aromatic heterocycles. The molecule has 1 fully saturated rings. The van der Waals surface area contributed by atoms with Crippen molar-refractivity contribution in [2.75, 3.05) is 19.7 Å². The summed E-state index contributed by atoms with van der Waals surface area (Å²) < 4.78 is 11.9. The highest BCUT2D eigenvalue weighted by atomic mass is 35.5. The lowest BCUT2D eigenvalue weighted by molar-refractivity contribution is 0.190. The van der Waals surface area contributed by atoms with Gasteiger partial charge in [0.05, 0.1) is 6.61 Å². The second-order valence-electron chi connectivity index (χ2n) is 8.41. The highest BCUT2D eigenvalue weighted by Gasteiger charge is 2.19. The van der Waals surface area contributed by atoms with Crippen molar-refractivity contribution in [1.82, 2.24) is 10.2 Å². The van der Waals surface area contributed by atoms with Gasteiger partial charge in [-0.15, -0.1) is 24.8 Å². The molecule has 0 unspecified atom stereocenters. The number of benzene rings is 3. The molecule has 4 nitrogen and oxygen atoms in total. The van der Waals surface area contributed by atoms with Gasteiger partial charge < -0.3 is 14.8 Å². The third-order valence-electron chi connectivity index (χ3n) is 5.98. The fraction of sp³-hybridized carbons (Fsp3) is 0.357. The van der Waals surface area contributed by atoms with E-state index in [-0.39, 0.29) is 24.8 Å². The maximum atomic E-state index is 6.03. The van der Waals surface area contributed by atoms with E-state index in [0.29, 0.717) is 19.3 Å². The van der Waals surface area contributed by atoms with E-state index in [4.69, 9.17) is 9.47 Å². The van der Waals surface area contributed by atoms with E-state index in [1.807, 2.05) is 31.2 Å². The van der Waals surface area contributed by atoms with Gasteiger partial charge in [-0.05, 0) is 61.7 Å². The predicted molar refractivity (Wildman–Crippen MR) is 144 cm³/mol. The number of hydrogen-bond donors (Lipinski definition) is 1. The minimum Gasteiger partial charge on any atom is -0.490 e. The molecule has 1 heterocycles. The van der Waals surface area contributed by atoms with Crippen molar-refractivity contribution in [3.8, 4) is 11.5 Å². The first-order chi connectivity index (χ1) is 15.8. The van der Waals surface area contributed by atoms with Crippen LogP contribution in [0.2, 0.25) is 0 Å². The molecule has 0 radical (unpaired) electrons. The minimum atomic E-state index is 0. The molecule has 0 bridgehead atoms. The summed E-state index contributed by atoms with van der Waals surface area (Å²) in [6.07, 6.45) is 2.37. The number of halogens is 2. The number of nitrogens with zero attached hydrogens (tertiary/aromatic N) is 1. The Morgan fingerprint density at radius 1 is 0.765 bits per heavy atom. The van der Waals surface area contributed by atoms with Crippen molar-refractivity contribution < 1.29 is 9.47 Å². The predicted octanol–water partition coefficient (Wildman–Crippen LogP) is 6.26. The number of nitrogens with one attached hydrogen (secondary N) is 1. The number of rotatable bonds is 10. The average molecular weight is 504 g/mol. The third kappa shape index (κ3) is 8.52. The minimum absolute atomic E-state index is 0. The van der Waals surface area contributed by atoms with Gasteiger partial charge in [-0.3, -0.25) is 4.90 Å². The van der Waals surface area contributed by atoms with Gasteiger partial charge in [0, 0.05) is 19.1 Å². The molecule has 6 heteroatoms. The van der Waals surface area contributed by atoms with Gasteiger partial charge in [0.2, 0.25) is 0 Å². The van der Waals surface area contributed by atoms with Gasteiger partial charge in [0.25, 0.3) is 0 Å². The van der Waals surface area contributed by atoms with Crippen LogP contribution in [-0.4, -0.2) is 30.6 Å². The molecular weight excluding hydrogens is 467 g/mol. The van der Waals surface area contributed by atoms with Gasteiger partial charge in [-0.25, -0.2) is 0 Å². The zero-order valence-electron chi connectivity index (χ0n) is 19.8. The SMILES string of the molecule is CCOc1cc(CNC2CCN(Cc3ccccc3)CC2)ccc1OCc1ccccc1.Cl.Cl. The van der Waals surface area contributed by atoms with Crippen LogP contribution in [0.4, 0.5) is 0 Å². The summed E-state index contributed by atoms with van der Waals surface area (Å²) in [7, 11) is 0. The van der Waals surface area contributed by atoms with Crippen LogP contribution in [0.15, 0.2) is 78.9 Å². The number of likely N-dealkylation sites (tertiary alicyclic amines) is 1. The van der Waals surface area contributed by atoms with Crippen molar-refractivity contribution in [2.45, 2.75) is 45.5 Å². The first-order valence-corrected chi connectivity index (χ1v) is 11.7. The monoisotopic (exact) mass is 502 g/mol. The zero-order valence-corrected chi connectivity index (χ0v) is 21.5. The second-order valence-corrected chi connectivity index (χ2v) is 8.41.